The van der Waals surface area contributed by atoms with E-state index in [0.717, 1.165) is 0 Å². The van der Waals surface area contributed by atoms with Crippen molar-refractivity contribution in [3.63, 3.8) is 0 Å². The van der Waals surface area contributed by atoms with Crippen molar-refractivity contribution in [2.75, 3.05) is 64.1 Å². The highest BCUT2D eigenvalue weighted by atomic mass is 32.2. The summed E-state index contributed by atoms with van der Waals surface area (Å²) < 4.78 is 25.9. The minimum atomic E-state index is -1.15. The minimum Gasteiger partial charge on any atom is -0.463 e. The third-order valence-corrected chi connectivity index (χ3v) is 18.5. The van der Waals surface area contributed by atoms with E-state index in [1.165, 1.54) is 33.3 Å². The lowest BCUT2D eigenvalue weighted by atomic mass is 9.89. The smallest absolute Gasteiger partial charge is 0.312 e. The molecule has 102 heavy (non-hydrogen) atoms. The summed E-state index contributed by atoms with van der Waals surface area (Å²) in [6, 6.07) is 1.83. The number of urea groups is 3. The van der Waals surface area contributed by atoms with Crippen LogP contribution in [0.1, 0.15) is 181 Å². The largest absolute Gasteiger partial charge is 0.463 e. The topological polar surface area (TPSA) is 475 Å². The lowest BCUT2D eigenvalue weighted by Crippen LogP contribution is -2.52. The molecule has 0 spiro atoms. The predicted molar refractivity (Wildman–Crippen MR) is 389 cm³/mol. The maximum atomic E-state index is 13.4. The summed E-state index contributed by atoms with van der Waals surface area (Å²) in [5, 5.41) is 23.3. The molecule has 0 aliphatic carbocycles. The summed E-state index contributed by atoms with van der Waals surface area (Å²) in [4.78, 5) is 196. The van der Waals surface area contributed by atoms with Gasteiger partial charge in [0, 0.05) is 98.5 Å². The molecule has 2 heterocycles. The second kappa shape index (κ2) is 51.0. The van der Waals surface area contributed by atoms with Crippen molar-refractivity contribution >= 4 is 124 Å². The lowest BCUT2D eigenvalue weighted by molar-refractivity contribution is -0.139. The molecule has 15 N–H and O–H groups in total. The van der Waals surface area contributed by atoms with Crippen LogP contribution in [0, 0.1) is 29.6 Å². The van der Waals surface area contributed by atoms with Gasteiger partial charge in [0.15, 0.2) is 18.7 Å². The fourth-order valence-corrected chi connectivity index (χ4v) is 12.3. The molecule has 0 radical (unpaired) electrons. The van der Waals surface area contributed by atoms with Crippen molar-refractivity contribution in [2.24, 2.45) is 46.8 Å². The summed E-state index contributed by atoms with van der Waals surface area (Å²) in [6.45, 7) is 14.6. The highest BCUT2D eigenvalue weighted by Crippen LogP contribution is 2.26. The van der Waals surface area contributed by atoms with Crippen molar-refractivity contribution in [3.8, 4) is 0 Å². The summed E-state index contributed by atoms with van der Waals surface area (Å²) >= 11 is 2.74. The number of likely N-dealkylation sites (tertiary alicyclic amines) is 2. The molecule has 1 aromatic carbocycles. The Labute approximate surface area is 612 Å². The molecule has 15 amide bonds. The predicted octanol–water partition coefficient (Wildman–Crippen LogP) is 3.60. The van der Waals surface area contributed by atoms with Gasteiger partial charge in [0.1, 0.15) is 6.61 Å². The molecule has 31 nitrogen and oxygen atoms in total. The molecule has 2 aliphatic heterocycles. The number of unbranched alkanes of at least 4 members (excludes halogenated alkanes) is 4. The van der Waals surface area contributed by atoms with E-state index in [-0.39, 0.29) is 172 Å². The Bertz CT molecular complexity index is 3030. The highest BCUT2D eigenvalue weighted by molar-refractivity contribution is 8.00. The van der Waals surface area contributed by atoms with Crippen LogP contribution in [0.4, 0.5) is 20.1 Å². The number of carbonyl (C=O) groups is 16. The van der Waals surface area contributed by atoms with Gasteiger partial charge in [0.2, 0.25) is 53.2 Å². The second-order valence-corrected chi connectivity index (χ2v) is 27.8. The van der Waals surface area contributed by atoms with E-state index in [9.17, 15) is 76.7 Å². The molecular formula is C69H114N14O17S2. The molecule has 1 aromatic rings. The number of nitrogens with one attached hydrogen (secondary N) is 9. The van der Waals surface area contributed by atoms with E-state index in [4.69, 9.17) is 21.3 Å². The van der Waals surface area contributed by atoms with Crippen molar-refractivity contribution in [1.29, 1.82) is 0 Å². The Morgan fingerprint density at radius 2 is 1.02 bits per heavy atom. The van der Waals surface area contributed by atoms with Gasteiger partial charge in [0.05, 0.1) is 34.7 Å². The van der Waals surface area contributed by atoms with Gasteiger partial charge in [-0.1, -0.05) is 73.4 Å². The van der Waals surface area contributed by atoms with Crippen LogP contribution < -0.4 is 65.1 Å². The third kappa shape index (κ3) is 36.6. The van der Waals surface area contributed by atoms with Crippen molar-refractivity contribution < 1.29 is 85.6 Å². The Morgan fingerprint density at radius 1 is 0.588 bits per heavy atom. The first-order valence-corrected chi connectivity index (χ1v) is 37.2. The van der Waals surface area contributed by atoms with E-state index in [0.29, 0.717) is 108 Å². The molecule has 0 aromatic heterocycles. The van der Waals surface area contributed by atoms with Crippen LogP contribution in [0.3, 0.4) is 0 Å². The molecule has 2 unspecified atom stereocenters. The minimum absolute atomic E-state index is 0.0811. The molecule has 0 saturated carbocycles. The number of likely N-dealkylation sites (N-methyl/N-ethyl adjacent to an activating group) is 1. The van der Waals surface area contributed by atoms with Crippen LogP contribution in [-0.4, -0.2) is 198 Å². The van der Waals surface area contributed by atoms with Crippen LogP contribution in [0.25, 0.3) is 0 Å². The van der Waals surface area contributed by atoms with E-state index in [1.54, 1.807) is 44.4 Å². The van der Waals surface area contributed by atoms with E-state index >= 15 is 0 Å². The van der Waals surface area contributed by atoms with Gasteiger partial charge in [-0.2, -0.15) is 23.5 Å². The molecule has 2 saturated heterocycles. The number of benzene rings is 1. The number of ether oxygens (including phenoxy) is 1. The quantitative estimate of drug-likeness (QED) is 0.0252. The van der Waals surface area contributed by atoms with E-state index in [1.807, 2.05) is 40.9 Å². The summed E-state index contributed by atoms with van der Waals surface area (Å²) in [5.74, 6) is -4.98. The molecule has 33 heteroatoms. The average Bonchev–Trinajstić information content (AvgIpc) is 1.78. The monoisotopic (exact) mass is 1480 g/mol. The normalized spacial score (nSPS) is 16.2. The maximum Gasteiger partial charge on any atom is 0.312 e. The number of carbonyl (C=O) groups excluding carboxylic acids is 16. The van der Waals surface area contributed by atoms with Crippen LogP contribution in [0.5, 0.6) is 0 Å². The summed E-state index contributed by atoms with van der Waals surface area (Å²) in [7, 11) is -0.314. The number of ketones is 3. The second-order valence-electron chi connectivity index (χ2n) is 25.8. The molecular weight excluding hydrogens is 1360 g/mol. The molecule has 2 aliphatic rings. The van der Waals surface area contributed by atoms with Gasteiger partial charge in [-0.05, 0) is 126 Å². The fourth-order valence-electron chi connectivity index (χ4n) is 11.0. The van der Waals surface area contributed by atoms with E-state index < -0.39 is 66.3 Å². The van der Waals surface area contributed by atoms with E-state index in [2.05, 4.69) is 52.6 Å². The molecule has 574 valence electrons. The SMILES string of the molecule is [2H]C(=O)OCc1ccc(NC(=O)[C@H](CCCNC(N)=O)CC(=O)[C@@H](NC(=O)CCCCCN2C(=O)CC(SC)C2=O)C(C)C)cc1.[2H]CC(=O)[C@H](CCCNC(N)=O)NC(=O)[C@@H](NCC)C(C)C.[2H]CNC(=O)[C@H](CCCNC(N)=O)CC(=O)[C@@H](NC(=O)CCCCCN1C(=O)CC(SC)C1=O)C(C)C. The number of hydrogen-bond acceptors (Lipinski definition) is 20. The molecule has 0 bridgehead atoms. The molecule has 8 atom stereocenters. The Balaban J connectivity index is 0.000000837. The molecule has 2 fully saturated rings. The number of anilines is 1. The zero-order chi connectivity index (χ0) is 79.3. The number of imide groups is 2. The number of rotatable bonds is 47. The maximum absolute atomic E-state index is 13.4. The Hall–Kier alpha value is -8.20. The zero-order valence-electron chi connectivity index (χ0n) is 63.6. The number of amides is 15. The number of nitrogens with zero attached hydrogens (tertiary/aromatic N) is 2. The fraction of sp³-hybridized carbons (Fsp3) is 0.681. The first-order chi connectivity index (χ1) is 49.7. The first-order valence-electron chi connectivity index (χ1n) is 36.5. The number of thioether (sulfide) groups is 2. The number of nitrogens with two attached hydrogens (primary N) is 3. The number of hydrogen-bond donors (Lipinski definition) is 12. The van der Waals surface area contributed by atoms with Crippen molar-refractivity contribution in [2.45, 2.75) is 212 Å². The van der Waals surface area contributed by atoms with Gasteiger partial charge in [0.25, 0.3) is 6.45 Å². The van der Waals surface area contributed by atoms with Crippen LogP contribution in [-0.2, 0) is 73.7 Å². The lowest BCUT2D eigenvalue weighted by Gasteiger charge is -2.24. The van der Waals surface area contributed by atoms with Crippen LogP contribution in [0.15, 0.2) is 24.3 Å². The van der Waals surface area contributed by atoms with Crippen LogP contribution in [0.2, 0.25) is 0 Å². The van der Waals surface area contributed by atoms with Crippen molar-refractivity contribution in [1.82, 2.24) is 52.3 Å². The van der Waals surface area contributed by atoms with Gasteiger partial charge in [-0.15, -0.1) is 0 Å². The van der Waals surface area contributed by atoms with Gasteiger partial charge >= 0.3 is 18.1 Å². The van der Waals surface area contributed by atoms with Crippen molar-refractivity contribution in [3.05, 3.63) is 29.8 Å². The molecule has 3 rings (SSSR count). The van der Waals surface area contributed by atoms with Gasteiger partial charge in [-0.25, -0.2) is 14.4 Å². The number of primary amides is 3. The van der Waals surface area contributed by atoms with Crippen LogP contribution >= 0.6 is 23.5 Å². The van der Waals surface area contributed by atoms with Gasteiger partial charge in [-0.3, -0.25) is 72.1 Å². The number of Topliss-reactive ketones (excluding diaryl/α,β-unsaturated/α-hetero) is 3. The Kier molecular flexibility index (Phi) is 43.1. The van der Waals surface area contributed by atoms with Gasteiger partial charge < -0.3 is 69.8 Å². The summed E-state index contributed by atoms with van der Waals surface area (Å²) in [6.07, 6.45) is 8.87. The first kappa shape index (κ1) is 86.2. The zero-order valence-corrected chi connectivity index (χ0v) is 62.3. The third-order valence-electron chi connectivity index (χ3n) is 16.6. The Morgan fingerprint density at radius 3 is 1.39 bits per heavy atom. The standard InChI is InChI=1S/C31H45N5O8S.C24H41N5O6S.C14H28N4O3/c1-20(2)28(35-26(39)9-5-4-6-15-36-27(40)17-25(45-3)30(36)42)24(38)16-22(8-7-14-33-31(32)43)29(41)34-23-12-10-21(11-13-23)18-44-19-37;1-15(2)21(17(30)13-16(22(33)26-3)9-8-11-27-24(25)35)28-19(31)10-6-5-7-12-29-20(32)14-18(36-4)23(29)34;1-5-16-12(9(2)3)13(20)18-11(10(4)19)7-6-8-17-14(15)21/h10-13,19-20,22,25,28H,4-9,14-18H2,1-3H3,(H,34,41)(H,35,39)(H3,32,33,43);15-16,18,21H,5-14H2,1-4H3,(H,26,33)(H,28,31)(H3,25,27,35);9,11-12,16H,5-8H2,1-4H3,(H,18,20)(H3,15,17,21)/t22-,25?,28+;16-,18?,21+;11-,12-/m110/s1/i19D;3D;4D. The average molecular weight is 1480 g/mol. The highest BCUT2D eigenvalue weighted by Gasteiger charge is 2.39. The summed E-state index contributed by atoms with van der Waals surface area (Å²) in [5.41, 5.74) is 16.2.